The first-order valence-electron chi connectivity index (χ1n) is 4.99. The van der Waals surface area contributed by atoms with E-state index in [9.17, 15) is 0 Å². The average Bonchev–Trinajstić information content (AvgIpc) is 2.95. The Morgan fingerprint density at radius 1 is 1.50 bits per heavy atom. The van der Waals surface area contributed by atoms with Gasteiger partial charge in [0.2, 0.25) is 0 Å². The lowest BCUT2D eigenvalue weighted by Gasteiger charge is -2.04. The number of thiophene rings is 1. The van der Waals surface area contributed by atoms with E-state index in [1.165, 1.54) is 5.56 Å². The fourth-order valence-corrected chi connectivity index (χ4v) is 3.52. The second-order valence-electron chi connectivity index (χ2n) is 3.46. The van der Waals surface area contributed by atoms with E-state index in [0.29, 0.717) is 0 Å². The topological polar surface area (TPSA) is 33.1 Å². The maximum Gasteiger partial charge on any atom is 0.124 e. The van der Waals surface area contributed by atoms with E-state index in [-0.39, 0.29) is 11.9 Å². The Hall–Kier alpha value is -0.360. The van der Waals surface area contributed by atoms with Crippen LogP contribution in [0, 0.1) is 0 Å². The molecule has 0 radical (unpaired) electrons. The van der Waals surface area contributed by atoms with Crippen molar-refractivity contribution in [2.45, 2.75) is 17.9 Å². The minimum Gasteiger partial charge on any atom is -0.395 e. The maximum absolute atomic E-state index is 8.93. The first kappa shape index (κ1) is 12.1. The van der Waals surface area contributed by atoms with E-state index in [0.717, 1.165) is 16.5 Å². The number of aliphatic hydroxyl groups excluding tert-OH is 1. The Bertz CT molecular complexity index is 424. The molecule has 2 aromatic heterocycles. The SMILES string of the molecule is CC(CO)SCc1csc(-c2ccsc2)n1. The van der Waals surface area contributed by atoms with Crippen LogP contribution in [0.25, 0.3) is 10.6 Å². The predicted molar refractivity (Wildman–Crippen MR) is 73.3 cm³/mol. The molecule has 2 heterocycles. The van der Waals surface area contributed by atoms with Gasteiger partial charge in [-0.15, -0.1) is 11.3 Å². The fraction of sp³-hybridized carbons (Fsp3) is 0.364. The highest BCUT2D eigenvalue weighted by atomic mass is 32.2. The van der Waals surface area contributed by atoms with Gasteiger partial charge in [0.25, 0.3) is 0 Å². The van der Waals surface area contributed by atoms with Gasteiger partial charge in [0.15, 0.2) is 0 Å². The van der Waals surface area contributed by atoms with Crippen molar-refractivity contribution in [3.05, 3.63) is 27.9 Å². The second kappa shape index (κ2) is 5.82. The molecule has 0 bridgehead atoms. The quantitative estimate of drug-likeness (QED) is 0.903. The zero-order chi connectivity index (χ0) is 11.4. The summed E-state index contributed by atoms with van der Waals surface area (Å²) in [6, 6.07) is 2.09. The lowest BCUT2D eigenvalue weighted by atomic mass is 10.4. The molecule has 0 saturated carbocycles. The van der Waals surface area contributed by atoms with Gasteiger partial charge in [-0.2, -0.15) is 23.1 Å². The number of aromatic nitrogens is 1. The zero-order valence-electron chi connectivity index (χ0n) is 8.92. The zero-order valence-corrected chi connectivity index (χ0v) is 11.4. The van der Waals surface area contributed by atoms with E-state index < -0.39 is 0 Å². The smallest absolute Gasteiger partial charge is 0.124 e. The molecule has 2 aromatic rings. The number of hydrogen-bond acceptors (Lipinski definition) is 5. The Labute approximate surface area is 107 Å². The summed E-state index contributed by atoms with van der Waals surface area (Å²) in [7, 11) is 0. The van der Waals surface area contributed by atoms with Crippen molar-refractivity contribution < 1.29 is 5.11 Å². The third-order valence-electron chi connectivity index (χ3n) is 2.09. The predicted octanol–water partition coefficient (Wildman–Crippen LogP) is 3.49. The summed E-state index contributed by atoms with van der Waals surface area (Å²) in [6.45, 7) is 2.25. The van der Waals surface area contributed by atoms with Crippen LogP contribution in [0.2, 0.25) is 0 Å². The van der Waals surface area contributed by atoms with E-state index in [4.69, 9.17) is 5.11 Å². The van der Waals surface area contributed by atoms with Gasteiger partial charge >= 0.3 is 0 Å². The third kappa shape index (κ3) is 3.07. The third-order valence-corrected chi connectivity index (χ3v) is 4.90. The average molecular weight is 271 g/mol. The minimum absolute atomic E-state index is 0.228. The van der Waals surface area contributed by atoms with Crippen molar-refractivity contribution >= 4 is 34.4 Å². The summed E-state index contributed by atoms with van der Waals surface area (Å²) in [5, 5.41) is 16.6. The Balaban J connectivity index is 1.98. The first-order valence-corrected chi connectivity index (χ1v) is 7.86. The number of nitrogens with zero attached hydrogens (tertiary/aromatic N) is 1. The molecule has 1 N–H and O–H groups in total. The minimum atomic E-state index is 0.228. The number of thiazole rings is 1. The lowest BCUT2D eigenvalue weighted by molar-refractivity contribution is 0.300. The van der Waals surface area contributed by atoms with Crippen molar-refractivity contribution in [3.8, 4) is 10.6 Å². The molecule has 0 spiro atoms. The normalized spacial score (nSPS) is 12.9. The van der Waals surface area contributed by atoms with Crippen LogP contribution in [0.3, 0.4) is 0 Å². The number of thioether (sulfide) groups is 1. The van der Waals surface area contributed by atoms with Crippen LogP contribution in [0.15, 0.2) is 22.2 Å². The molecule has 0 aliphatic heterocycles. The molecule has 0 amide bonds. The number of aliphatic hydroxyl groups is 1. The van der Waals surface area contributed by atoms with Gasteiger partial charge in [-0.1, -0.05) is 6.92 Å². The van der Waals surface area contributed by atoms with E-state index in [1.54, 1.807) is 34.4 Å². The van der Waals surface area contributed by atoms with Crippen LogP contribution in [0.5, 0.6) is 0 Å². The summed E-state index contributed by atoms with van der Waals surface area (Å²) >= 11 is 5.12. The van der Waals surface area contributed by atoms with E-state index in [1.807, 2.05) is 6.92 Å². The molecular weight excluding hydrogens is 258 g/mol. The summed E-state index contributed by atoms with van der Waals surface area (Å²) < 4.78 is 0. The highest BCUT2D eigenvalue weighted by Gasteiger charge is 2.07. The van der Waals surface area contributed by atoms with Crippen LogP contribution in [-0.4, -0.2) is 21.9 Å². The van der Waals surface area contributed by atoms with Gasteiger partial charge in [0.1, 0.15) is 5.01 Å². The molecule has 5 heteroatoms. The maximum atomic E-state index is 8.93. The first-order chi connectivity index (χ1) is 7.79. The standard InChI is InChI=1S/C11H13NOS3/c1-8(4-13)15-6-10-7-16-11(12-10)9-2-3-14-5-9/h2-3,5,7-8,13H,4,6H2,1H3. The Kier molecular flexibility index (Phi) is 4.40. The van der Waals surface area contributed by atoms with E-state index in [2.05, 4.69) is 27.2 Å². The molecule has 86 valence electrons. The molecule has 1 atom stereocenters. The fourth-order valence-electron chi connectivity index (χ4n) is 1.17. The molecule has 0 aliphatic rings. The second-order valence-corrected chi connectivity index (χ2v) is 6.53. The Morgan fingerprint density at radius 2 is 2.38 bits per heavy atom. The van der Waals surface area contributed by atoms with Crippen molar-refractivity contribution in [1.82, 2.24) is 4.98 Å². The van der Waals surface area contributed by atoms with Gasteiger partial charge in [-0.3, -0.25) is 0 Å². The lowest BCUT2D eigenvalue weighted by Crippen LogP contribution is -2.02. The summed E-state index contributed by atoms with van der Waals surface area (Å²) in [5.41, 5.74) is 2.32. The van der Waals surface area contributed by atoms with Gasteiger partial charge in [-0.25, -0.2) is 4.98 Å². The van der Waals surface area contributed by atoms with Crippen LogP contribution >= 0.6 is 34.4 Å². The molecular formula is C11H13NOS3. The van der Waals surface area contributed by atoms with Crippen molar-refractivity contribution in [3.63, 3.8) is 0 Å². The van der Waals surface area contributed by atoms with Gasteiger partial charge in [0, 0.05) is 27.3 Å². The van der Waals surface area contributed by atoms with Gasteiger partial charge < -0.3 is 5.11 Å². The largest absolute Gasteiger partial charge is 0.395 e. The highest BCUT2D eigenvalue weighted by molar-refractivity contribution is 7.99. The van der Waals surface area contributed by atoms with Gasteiger partial charge in [-0.05, 0) is 11.4 Å². The summed E-state index contributed by atoms with van der Waals surface area (Å²) in [6.07, 6.45) is 0. The van der Waals surface area contributed by atoms with Gasteiger partial charge in [0.05, 0.1) is 12.3 Å². The summed E-state index contributed by atoms with van der Waals surface area (Å²) in [4.78, 5) is 4.58. The van der Waals surface area contributed by atoms with Crippen LogP contribution in [-0.2, 0) is 5.75 Å². The van der Waals surface area contributed by atoms with Crippen molar-refractivity contribution in [2.75, 3.05) is 6.61 Å². The molecule has 1 unspecified atom stereocenters. The van der Waals surface area contributed by atoms with Crippen LogP contribution in [0.1, 0.15) is 12.6 Å². The molecule has 0 fully saturated rings. The number of rotatable bonds is 5. The molecule has 0 aromatic carbocycles. The molecule has 2 nitrogen and oxygen atoms in total. The van der Waals surface area contributed by atoms with Crippen LogP contribution < -0.4 is 0 Å². The van der Waals surface area contributed by atoms with Crippen LogP contribution in [0.4, 0.5) is 0 Å². The molecule has 16 heavy (non-hydrogen) atoms. The summed E-state index contributed by atoms with van der Waals surface area (Å²) in [5.74, 6) is 0.877. The number of hydrogen-bond donors (Lipinski definition) is 1. The Morgan fingerprint density at radius 3 is 3.06 bits per heavy atom. The highest BCUT2D eigenvalue weighted by Crippen LogP contribution is 2.27. The monoisotopic (exact) mass is 271 g/mol. The van der Waals surface area contributed by atoms with Crippen molar-refractivity contribution in [1.29, 1.82) is 0 Å². The van der Waals surface area contributed by atoms with E-state index >= 15 is 0 Å². The molecule has 0 aliphatic carbocycles. The molecule has 2 rings (SSSR count). The molecule has 0 saturated heterocycles. The van der Waals surface area contributed by atoms with Crippen molar-refractivity contribution in [2.24, 2.45) is 0 Å².